The zero-order chi connectivity index (χ0) is 20.8. The van der Waals surface area contributed by atoms with Gasteiger partial charge in [0.2, 0.25) is 11.9 Å². The molecule has 0 atom stereocenters. The van der Waals surface area contributed by atoms with Crippen molar-refractivity contribution in [2.24, 2.45) is 0 Å². The van der Waals surface area contributed by atoms with E-state index in [1.165, 1.54) is 18.2 Å². The fraction of sp³-hybridized carbons (Fsp3) is 0.444. The summed E-state index contributed by atoms with van der Waals surface area (Å²) in [5.41, 5.74) is 0.322. The third-order valence-electron chi connectivity index (χ3n) is 4.17. The Morgan fingerprint density at radius 2 is 2.00 bits per heavy atom. The molecular formula is C18H23F2N7O2. The minimum absolute atomic E-state index is 0.0406. The number of nitrogens with zero attached hydrogens (tertiary/aromatic N) is 5. The maximum atomic E-state index is 12.3. The van der Waals surface area contributed by atoms with E-state index in [1.54, 1.807) is 11.0 Å². The zero-order valence-electron chi connectivity index (χ0n) is 16.2. The normalized spacial score (nSPS) is 13.5. The highest BCUT2D eigenvalue weighted by atomic mass is 19.3. The maximum Gasteiger partial charge on any atom is 0.387 e. The Hall–Kier alpha value is -3.24. The quantitative estimate of drug-likeness (QED) is 0.728. The average molecular weight is 407 g/mol. The first-order valence-electron chi connectivity index (χ1n) is 9.17. The number of rotatable bonds is 7. The molecule has 2 amide bonds. The summed E-state index contributed by atoms with van der Waals surface area (Å²) < 4.78 is 28.9. The third kappa shape index (κ3) is 5.87. The second-order valence-electron chi connectivity index (χ2n) is 6.65. The molecule has 3 rings (SSSR count). The fourth-order valence-corrected chi connectivity index (χ4v) is 2.82. The fourth-order valence-electron chi connectivity index (χ4n) is 2.82. The first-order valence-corrected chi connectivity index (χ1v) is 9.17. The molecule has 1 aromatic heterocycles. The number of carbonyl (C=O) groups excluding carboxylic acids is 1. The second-order valence-corrected chi connectivity index (χ2v) is 6.65. The van der Waals surface area contributed by atoms with Crippen LogP contribution >= 0.6 is 0 Å². The number of aromatic nitrogens is 3. The number of amides is 2. The summed E-state index contributed by atoms with van der Waals surface area (Å²) in [6.07, 6.45) is 2.18. The van der Waals surface area contributed by atoms with Crippen LogP contribution in [-0.4, -0.2) is 54.8 Å². The summed E-state index contributed by atoms with van der Waals surface area (Å²) >= 11 is 0. The molecule has 1 aromatic carbocycles. The van der Waals surface area contributed by atoms with E-state index >= 15 is 0 Å². The van der Waals surface area contributed by atoms with E-state index < -0.39 is 12.6 Å². The van der Waals surface area contributed by atoms with Crippen molar-refractivity contribution in [2.45, 2.75) is 26.0 Å². The topological polar surface area (TPSA) is 95.5 Å². The van der Waals surface area contributed by atoms with Gasteiger partial charge in [0.15, 0.2) is 5.82 Å². The molecule has 1 aliphatic rings. The van der Waals surface area contributed by atoms with Crippen LogP contribution < -0.4 is 25.2 Å². The van der Waals surface area contributed by atoms with Crippen molar-refractivity contribution >= 4 is 23.6 Å². The lowest BCUT2D eigenvalue weighted by atomic mass is 10.3. The molecule has 1 aliphatic heterocycles. The van der Waals surface area contributed by atoms with Gasteiger partial charge in [0.25, 0.3) is 0 Å². The standard InChI is InChI=1S/C18H23F2N7O2/c1-26(2)16-23-14(24-17(25-16)27-8-3-4-9-27)11-21-18(28)22-12-6-5-7-13(10-12)29-15(19)20/h5-7,10,15H,3-4,8-9,11H2,1-2H3,(H2,21,22,28). The van der Waals surface area contributed by atoms with Gasteiger partial charge in [-0.2, -0.15) is 23.7 Å². The van der Waals surface area contributed by atoms with Crippen LogP contribution in [0.2, 0.25) is 0 Å². The molecule has 11 heteroatoms. The largest absolute Gasteiger partial charge is 0.435 e. The average Bonchev–Trinajstić information content (AvgIpc) is 3.21. The van der Waals surface area contributed by atoms with Crippen LogP contribution in [-0.2, 0) is 6.54 Å². The van der Waals surface area contributed by atoms with Crippen molar-refractivity contribution in [3.05, 3.63) is 30.1 Å². The molecule has 1 saturated heterocycles. The van der Waals surface area contributed by atoms with Gasteiger partial charge in [0.1, 0.15) is 5.75 Å². The minimum atomic E-state index is -2.93. The Morgan fingerprint density at radius 3 is 2.69 bits per heavy atom. The molecule has 2 heterocycles. The molecule has 0 radical (unpaired) electrons. The Labute approximate surface area is 167 Å². The summed E-state index contributed by atoms with van der Waals surface area (Å²) in [5, 5.41) is 5.23. The summed E-state index contributed by atoms with van der Waals surface area (Å²) in [7, 11) is 3.67. The highest BCUT2D eigenvalue weighted by molar-refractivity contribution is 5.89. The number of halogens is 2. The summed E-state index contributed by atoms with van der Waals surface area (Å²) in [6.45, 7) is -1.06. The van der Waals surface area contributed by atoms with E-state index in [1.807, 2.05) is 14.1 Å². The number of urea groups is 1. The van der Waals surface area contributed by atoms with Crippen molar-refractivity contribution in [1.82, 2.24) is 20.3 Å². The van der Waals surface area contributed by atoms with Gasteiger partial charge in [0, 0.05) is 38.9 Å². The predicted molar refractivity (Wildman–Crippen MR) is 105 cm³/mol. The van der Waals surface area contributed by atoms with Gasteiger partial charge in [-0.3, -0.25) is 0 Å². The molecule has 0 spiro atoms. The van der Waals surface area contributed by atoms with E-state index in [9.17, 15) is 13.6 Å². The molecule has 0 unspecified atom stereocenters. The summed E-state index contributed by atoms with van der Waals surface area (Å²) in [5.74, 6) is 1.49. The van der Waals surface area contributed by atoms with Crippen LogP contribution in [0.4, 0.5) is 31.2 Å². The van der Waals surface area contributed by atoms with Gasteiger partial charge in [-0.15, -0.1) is 0 Å². The Bertz CT molecular complexity index is 845. The summed E-state index contributed by atoms with van der Waals surface area (Å²) in [6, 6.07) is 5.24. The Balaban J connectivity index is 1.63. The predicted octanol–water partition coefficient (Wildman–Crippen LogP) is 2.46. The van der Waals surface area contributed by atoms with Gasteiger partial charge in [0.05, 0.1) is 6.54 Å². The molecule has 2 N–H and O–H groups in total. The lowest BCUT2D eigenvalue weighted by Crippen LogP contribution is -2.30. The van der Waals surface area contributed by atoms with Crippen LogP contribution in [0.1, 0.15) is 18.7 Å². The molecule has 29 heavy (non-hydrogen) atoms. The van der Waals surface area contributed by atoms with Crippen LogP contribution in [0.5, 0.6) is 5.75 Å². The summed E-state index contributed by atoms with van der Waals surface area (Å²) in [4.78, 5) is 29.3. The van der Waals surface area contributed by atoms with Crippen molar-refractivity contribution in [3.8, 4) is 5.75 Å². The number of hydrogen-bond acceptors (Lipinski definition) is 7. The van der Waals surface area contributed by atoms with Gasteiger partial charge >= 0.3 is 12.6 Å². The van der Waals surface area contributed by atoms with Crippen molar-refractivity contribution < 1.29 is 18.3 Å². The molecule has 0 saturated carbocycles. The van der Waals surface area contributed by atoms with Crippen molar-refractivity contribution in [1.29, 1.82) is 0 Å². The first kappa shape index (κ1) is 20.5. The second kappa shape index (κ2) is 9.30. The monoisotopic (exact) mass is 407 g/mol. The number of hydrogen-bond donors (Lipinski definition) is 2. The third-order valence-corrected chi connectivity index (χ3v) is 4.17. The molecule has 9 nitrogen and oxygen atoms in total. The molecule has 0 bridgehead atoms. The van der Waals surface area contributed by atoms with Gasteiger partial charge in [-0.25, -0.2) is 4.79 Å². The van der Waals surface area contributed by atoms with Crippen molar-refractivity contribution in [3.63, 3.8) is 0 Å². The number of benzene rings is 1. The van der Waals surface area contributed by atoms with Crippen LogP contribution in [0.25, 0.3) is 0 Å². The van der Waals surface area contributed by atoms with Crippen LogP contribution in [0.15, 0.2) is 24.3 Å². The number of anilines is 3. The van der Waals surface area contributed by atoms with Crippen LogP contribution in [0, 0.1) is 0 Å². The van der Waals surface area contributed by atoms with Gasteiger partial charge in [-0.1, -0.05) is 6.07 Å². The SMILES string of the molecule is CN(C)c1nc(CNC(=O)Nc2cccc(OC(F)F)c2)nc(N2CCCC2)n1. The number of nitrogens with one attached hydrogen (secondary N) is 2. The molecule has 0 aliphatic carbocycles. The maximum absolute atomic E-state index is 12.3. The van der Waals surface area contributed by atoms with E-state index in [0.717, 1.165) is 25.9 Å². The highest BCUT2D eigenvalue weighted by Gasteiger charge is 2.18. The zero-order valence-corrected chi connectivity index (χ0v) is 16.2. The highest BCUT2D eigenvalue weighted by Crippen LogP contribution is 2.20. The minimum Gasteiger partial charge on any atom is -0.435 e. The molecular weight excluding hydrogens is 384 g/mol. The lowest BCUT2D eigenvalue weighted by Gasteiger charge is -2.19. The van der Waals surface area contributed by atoms with E-state index in [2.05, 4.69) is 35.2 Å². The smallest absolute Gasteiger partial charge is 0.387 e. The van der Waals surface area contributed by atoms with Gasteiger partial charge in [-0.05, 0) is 25.0 Å². The van der Waals surface area contributed by atoms with E-state index in [4.69, 9.17) is 0 Å². The Morgan fingerprint density at radius 1 is 1.24 bits per heavy atom. The van der Waals surface area contributed by atoms with Crippen LogP contribution in [0.3, 0.4) is 0 Å². The first-order chi connectivity index (χ1) is 13.9. The van der Waals surface area contributed by atoms with Gasteiger partial charge < -0.3 is 25.2 Å². The van der Waals surface area contributed by atoms with E-state index in [-0.39, 0.29) is 12.3 Å². The molecule has 156 valence electrons. The molecule has 1 fully saturated rings. The number of alkyl halides is 2. The van der Waals surface area contributed by atoms with E-state index in [0.29, 0.717) is 23.4 Å². The Kier molecular flexibility index (Phi) is 6.57. The lowest BCUT2D eigenvalue weighted by molar-refractivity contribution is -0.0497. The number of carbonyl (C=O) groups is 1. The number of ether oxygens (including phenoxy) is 1. The molecule has 2 aromatic rings. The van der Waals surface area contributed by atoms with Crippen molar-refractivity contribution in [2.75, 3.05) is 42.3 Å².